The van der Waals surface area contributed by atoms with Crippen LogP contribution in [0.4, 0.5) is 5.69 Å². The van der Waals surface area contributed by atoms with Gasteiger partial charge in [0, 0.05) is 28.3 Å². The number of hydrogen-bond acceptors (Lipinski definition) is 2. The maximum atomic E-state index is 12.4. The van der Waals surface area contributed by atoms with Crippen LogP contribution in [0.25, 0.3) is 0 Å². The van der Waals surface area contributed by atoms with E-state index in [4.69, 9.17) is 5.73 Å². The molecule has 3 nitrogen and oxygen atoms in total. The Balaban J connectivity index is 2.23. The van der Waals surface area contributed by atoms with Gasteiger partial charge in [0.1, 0.15) is 0 Å². The second-order valence-electron chi connectivity index (χ2n) is 4.62. The van der Waals surface area contributed by atoms with Gasteiger partial charge in [-0.3, -0.25) is 4.79 Å². The molecule has 1 aliphatic rings. The first-order chi connectivity index (χ1) is 8.08. The molecule has 1 aromatic rings. The van der Waals surface area contributed by atoms with E-state index in [0.717, 1.165) is 23.9 Å². The van der Waals surface area contributed by atoms with Crippen molar-refractivity contribution in [2.45, 2.75) is 32.2 Å². The molecular weight excluding hydrogens is 280 g/mol. The quantitative estimate of drug-likeness (QED) is 0.810. The summed E-state index contributed by atoms with van der Waals surface area (Å²) < 4.78 is 0.852. The summed E-state index contributed by atoms with van der Waals surface area (Å²) in [4.78, 5) is 14.3. The van der Waals surface area contributed by atoms with Crippen molar-refractivity contribution in [1.29, 1.82) is 0 Å². The number of anilines is 1. The van der Waals surface area contributed by atoms with E-state index in [9.17, 15) is 4.79 Å². The fourth-order valence-corrected chi connectivity index (χ4v) is 2.81. The highest BCUT2D eigenvalue weighted by atomic mass is 79.9. The molecule has 0 unspecified atom stereocenters. The third-order valence-electron chi connectivity index (χ3n) is 3.23. The third kappa shape index (κ3) is 2.80. The van der Waals surface area contributed by atoms with Gasteiger partial charge in [-0.15, -0.1) is 0 Å². The fourth-order valence-electron chi connectivity index (χ4n) is 2.30. The number of nitrogens with zero attached hydrogens (tertiary/aromatic N) is 1. The van der Waals surface area contributed by atoms with E-state index < -0.39 is 0 Å². The van der Waals surface area contributed by atoms with Gasteiger partial charge in [0.25, 0.3) is 5.91 Å². The molecule has 0 bridgehead atoms. The Bertz CT molecular complexity index is 413. The standard InChI is InChI=1S/C13H17BrN2O/c1-9-4-2-3-5-16(9)13(17)10-6-11(14)8-12(15)7-10/h6-9H,2-5,15H2,1H3/t9-/m1/s1. The summed E-state index contributed by atoms with van der Waals surface area (Å²) in [6, 6.07) is 5.71. The van der Waals surface area contributed by atoms with Gasteiger partial charge >= 0.3 is 0 Å². The minimum absolute atomic E-state index is 0.0881. The van der Waals surface area contributed by atoms with Gasteiger partial charge in [0.2, 0.25) is 0 Å². The molecule has 1 saturated heterocycles. The number of likely N-dealkylation sites (tertiary alicyclic amines) is 1. The van der Waals surface area contributed by atoms with Crippen molar-refractivity contribution in [2.24, 2.45) is 0 Å². The molecule has 0 radical (unpaired) electrons. The van der Waals surface area contributed by atoms with E-state index in [1.165, 1.54) is 6.42 Å². The molecule has 1 amide bonds. The van der Waals surface area contributed by atoms with Crippen LogP contribution in [0, 0.1) is 0 Å². The first-order valence-electron chi connectivity index (χ1n) is 5.95. The fraction of sp³-hybridized carbons (Fsp3) is 0.462. The number of rotatable bonds is 1. The Morgan fingerprint density at radius 1 is 1.41 bits per heavy atom. The third-order valence-corrected chi connectivity index (χ3v) is 3.69. The molecule has 1 heterocycles. The van der Waals surface area contributed by atoms with Crippen LogP contribution in [0.2, 0.25) is 0 Å². The summed E-state index contributed by atoms with van der Waals surface area (Å²) in [5, 5.41) is 0. The molecule has 1 aliphatic heterocycles. The van der Waals surface area contributed by atoms with Crippen LogP contribution in [0.1, 0.15) is 36.5 Å². The molecule has 1 aromatic carbocycles. The number of piperidine rings is 1. The number of carbonyl (C=O) groups is 1. The lowest BCUT2D eigenvalue weighted by molar-refractivity contribution is 0.0635. The average molecular weight is 297 g/mol. The number of halogens is 1. The van der Waals surface area contributed by atoms with Crippen molar-refractivity contribution >= 4 is 27.5 Å². The maximum absolute atomic E-state index is 12.4. The molecule has 92 valence electrons. The second-order valence-corrected chi connectivity index (χ2v) is 5.53. The zero-order chi connectivity index (χ0) is 12.4. The number of amides is 1. The van der Waals surface area contributed by atoms with Gasteiger partial charge in [-0.05, 0) is 44.4 Å². The van der Waals surface area contributed by atoms with Gasteiger partial charge in [0.15, 0.2) is 0 Å². The Hall–Kier alpha value is -1.03. The molecule has 0 spiro atoms. The van der Waals surface area contributed by atoms with E-state index in [-0.39, 0.29) is 5.91 Å². The van der Waals surface area contributed by atoms with E-state index in [1.807, 2.05) is 11.0 Å². The van der Waals surface area contributed by atoms with Gasteiger partial charge < -0.3 is 10.6 Å². The van der Waals surface area contributed by atoms with Gasteiger partial charge in [-0.1, -0.05) is 15.9 Å². The highest BCUT2D eigenvalue weighted by molar-refractivity contribution is 9.10. The van der Waals surface area contributed by atoms with Gasteiger partial charge in [-0.2, -0.15) is 0 Å². The molecule has 0 aliphatic carbocycles. The molecule has 1 fully saturated rings. The molecule has 0 saturated carbocycles. The summed E-state index contributed by atoms with van der Waals surface area (Å²) in [5.41, 5.74) is 7.05. The summed E-state index contributed by atoms with van der Waals surface area (Å²) in [6.07, 6.45) is 3.40. The van der Waals surface area contributed by atoms with Crippen molar-refractivity contribution in [2.75, 3.05) is 12.3 Å². The van der Waals surface area contributed by atoms with Crippen molar-refractivity contribution in [3.05, 3.63) is 28.2 Å². The van der Waals surface area contributed by atoms with E-state index >= 15 is 0 Å². The Labute approximate surface area is 110 Å². The van der Waals surface area contributed by atoms with Crippen LogP contribution < -0.4 is 5.73 Å². The summed E-state index contributed by atoms with van der Waals surface area (Å²) in [7, 11) is 0. The number of nitrogens with two attached hydrogens (primary N) is 1. The van der Waals surface area contributed by atoms with Gasteiger partial charge in [0.05, 0.1) is 0 Å². The zero-order valence-electron chi connectivity index (χ0n) is 9.95. The Morgan fingerprint density at radius 3 is 2.82 bits per heavy atom. The SMILES string of the molecule is C[C@@H]1CCCCN1C(=O)c1cc(N)cc(Br)c1. The minimum Gasteiger partial charge on any atom is -0.399 e. The van der Waals surface area contributed by atoms with Crippen LogP contribution in [0.5, 0.6) is 0 Å². The summed E-state index contributed by atoms with van der Waals surface area (Å²) >= 11 is 3.37. The lowest BCUT2D eigenvalue weighted by atomic mass is 10.0. The molecule has 1 atom stereocenters. The molecule has 2 N–H and O–H groups in total. The van der Waals surface area contributed by atoms with Crippen LogP contribution in [-0.2, 0) is 0 Å². The highest BCUT2D eigenvalue weighted by Gasteiger charge is 2.24. The minimum atomic E-state index is 0.0881. The first-order valence-corrected chi connectivity index (χ1v) is 6.74. The van der Waals surface area contributed by atoms with Crippen LogP contribution >= 0.6 is 15.9 Å². The monoisotopic (exact) mass is 296 g/mol. The molecule has 0 aromatic heterocycles. The highest BCUT2D eigenvalue weighted by Crippen LogP contribution is 2.22. The molecular formula is C13H17BrN2O. The van der Waals surface area contributed by atoms with Crippen molar-refractivity contribution < 1.29 is 4.79 Å². The average Bonchev–Trinajstić information content (AvgIpc) is 2.27. The largest absolute Gasteiger partial charge is 0.399 e. The van der Waals surface area contributed by atoms with Crippen molar-refractivity contribution in [3.8, 4) is 0 Å². The van der Waals surface area contributed by atoms with Crippen molar-refractivity contribution in [1.82, 2.24) is 4.90 Å². The molecule has 17 heavy (non-hydrogen) atoms. The number of benzene rings is 1. The van der Waals surface area contributed by atoms with Crippen LogP contribution in [0.15, 0.2) is 22.7 Å². The topological polar surface area (TPSA) is 46.3 Å². The van der Waals surface area contributed by atoms with Crippen LogP contribution in [0.3, 0.4) is 0 Å². The maximum Gasteiger partial charge on any atom is 0.254 e. The lowest BCUT2D eigenvalue weighted by Gasteiger charge is -2.33. The molecule has 4 heteroatoms. The second kappa shape index (κ2) is 5.08. The first kappa shape index (κ1) is 12.4. The Morgan fingerprint density at radius 2 is 2.18 bits per heavy atom. The predicted octanol–water partition coefficient (Wildman–Crippen LogP) is 3.05. The van der Waals surface area contributed by atoms with Crippen molar-refractivity contribution in [3.63, 3.8) is 0 Å². The number of carbonyl (C=O) groups excluding carboxylic acids is 1. The molecule has 2 rings (SSSR count). The number of nitrogen functional groups attached to an aromatic ring is 1. The van der Waals surface area contributed by atoms with Gasteiger partial charge in [-0.25, -0.2) is 0 Å². The number of hydrogen-bond donors (Lipinski definition) is 1. The summed E-state index contributed by atoms with van der Waals surface area (Å²) in [6.45, 7) is 2.96. The van der Waals surface area contributed by atoms with E-state index in [0.29, 0.717) is 17.3 Å². The predicted molar refractivity (Wildman–Crippen MR) is 72.9 cm³/mol. The Kier molecular flexibility index (Phi) is 3.72. The lowest BCUT2D eigenvalue weighted by Crippen LogP contribution is -2.42. The normalized spacial score (nSPS) is 20.4. The summed E-state index contributed by atoms with van der Waals surface area (Å²) in [5.74, 6) is 0.0881. The van der Waals surface area contributed by atoms with E-state index in [2.05, 4.69) is 22.9 Å². The smallest absolute Gasteiger partial charge is 0.254 e. The van der Waals surface area contributed by atoms with E-state index in [1.54, 1.807) is 12.1 Å². The van der Waals surface area contributed by atoms with Crippen LogP contribution in [-0.4, -0.2) is 23.4 Å². The zero-order valence-corrected chi connectivity index (χ0v) is 11.5.